The van der Waals surface area contributed by atoms with E-state index in [1.54, 1.807) is 6.07 Å². The number of carbonyl (C=O) groups excluding carboxylic acids is 1. The molecular formula is C13H14FNO. The van der Waals surface area contributed by atoms with E-state index in [-0.39, 0.29) is 11.7 Å². The summed E-state index contributed by atoms with van der Waals surface area (Å²) in [6, 6.07) is 7.59. The number of nitriles is 1. The number of nitrogens with zero attached hydrogens (tertiary/aromatic N) is 1. The van der Waals surface area contributed by atoms with Gasteiger partial charge in [-0.2, -0.15) is 5.26 Å². The zero-order valence-corrected chi connectivity index (χ0v) is 9.40. The molecule has 0 aliphatic carbocycles. The maximum atomic E-state index is 13.0. The van der Waals surface area contributed by atoms with E-state index in [2.05, 4.69) is 0 Å². The van der Waals surface area contributed by atoms with Crippen LogP contribution in [0.2, 0.25) is 0 Å². The molecule has 1 atom stereocenters. The van der Waals surface area contributed by atoms with Gasteiger partial charge in [-0.15, -0.1) is 0 Å². The van der Waals surface area contributed by atoms with Crippen molar-refractivity contribution < 1.29 is 9.18 Å². The Balaban J connectivity index is 2.91. The van der Waals surface area contributed by atoms with Gasteiger partial charge in [0.2, 0.25) is 0 Å². The van der Waals surface area contributed by atoms with Crippen molar-refractivity contribution in [1.82, 2.24) is 0 Å². The van der Waals surface area contributed by atoms with Gasteiger partial charge >= 0.3 is 0 Å². The van der Waals surface area contributed by atoms with Crippen LogP contribution in [0.3, 0.4) is 0 Å². The molecule has 0 spiro atoms. The molecule has 0 heterocycles. The van der Waals surface area contributed by atoms with Crippen molar-refractivity contribution in [3.05, 3.63) is 35.6 Å². The Hall–Kier alpha value is -1.69. The van der Waals surface area contributed by atoms with Gasteiger partial charge < -0.3 is 0 Å². The molecule has 16 heavy (non-hydrogen) atoms. The van der Waals surface area contributed by atoms with Crippen LogP contribution in [-0.2, 0) is 4.79 Å². The predicted octanol–water partition coefficient (Wildman–Crippen LogP) is 3.05. The van der Waals surface area contributed by atoms with Crippen molar-refractivity contribution in [3.63, 3.8) is 0 Å². The van der Waals surface area contributed by atoms with E-state index < -0.39 is 11.7 Å². The Bertz CT molecular complexity index is 420. The highest BCUT2D eigenvalue weighted by atomic mass is 19.1. The Morgan fingerprint density at radius 3 is 2.69 bits per heavy atom. The van der Waals surface area contributed by atoms with E-state index in [4.69, 9.17) is 5.26 Å². The molecular weight excluding hydrogens is 205 g/mol. The van der Waals surface area contributed by atoms with Crippen molar-refractivity contribution in [1.29, 1.82) is 5.26 Å². The Kier molecular flexibility index (Phi) is 4.19. The van der Waals surface area contributed by atoms with Gasteiger partial charge in [-0.25, -0.2) is 4.39 Å². The summed E-state index contributed by atoms with van der Waals surface area (Å²) in [4.78, 5) is 11.8. The number of benzene rings is 1. The summed E-state index contributed by atoms with van der Waals surface area (Å²) < 4.78 is 13.0. The van der Waals surface area contributed by atoms with Gasteiger partial charge in [0, 0.05) is 6.42 Å². The van der Waals surface area contributed by atoms with E-state index >= 15 is 0 Å². The fourth-order valence-corrected chi connectivity index (χ4v) is 1.54. The lowest BCUT2D eigenvalue weighted by Gasteiger charge is -2.10. The number of carbonyl (C=O) groups is 1. The molecule has 1 aromatic rings. The highest BCUT2D eigenvalue weighted by Gasteiger charge is 2.20. The monoisotopic (exact) mass is 219 g/mol. The number of rotatable bonds is 4. The lowest BCUT2D eigenvalue weighted by Crippen LogP contribution is -2.13. The van der Waals surface area contributed by atoms with E-state index in [9.17, 15) is 9.18 Å². The van der Waals surface area contributed by atoms with Crippen LogP contribution in [-0.4, -0.2) is 5.78 Å². The summed E-state index contributed by atoms with van der Waals surface area (Å²) in [6.07, 6.45) is 0.342. The summed E-state index contributed by atoms with van der Waals surface area (Å²) in [6.45, 7) is 3.83. The molecule has 0 aliphatic rings. The summed E-state index contributed by atoms with van der Waals surface area (Å²) in [7, 11) is 0. The van der Waals surface area contributed by atoms with Crippen LogP contribution in [0.15, 0.2) is 24.3 Å². The minimum Gasteiger partial charge on any atom is -0.298 e. The van der Waals surface area contributed by atoms with E-state index in [0.29, 0.717) is 12.0 Å². The number of halogens is 1. The molecule has 0 saturated heterocycles. The highest BCUT2D eigenvalue weighted by Crippen LogP contribution is 2.20. The van der Waals surface area contributed by atoms with Crippen molar-refractivity contribution in [2.24, 2.45) is 5.92 Å². The van der Waals surface area contributed by atoms with Crippen molar-refractivity contribution in [2.45, 2.75) is 26.2 Å². The second-order valence-electron chi connectivity index (χ2n) is 4.18. The van der Waals surface area contributed by atoms with Crippen LogP contribution < -0.4 is 0 Å². The van der Waals surface area contributed by atoms with Gasteiger partial charge in [0.05, 0.1) is 6.07 Å². The third-order valence-electron chi connectivity index (χ3n) is 2.24. The van der Waals surface area contributed by atoms with Crippen LogP contribution in [0.25, 0.3) is 0 Å². The average molecular weight is 219 g/mol. The van der Waals surface area contributed by atoms with Crippen LogP contribution in [0.4, 0.5) is 4.39 Å². The predicted molar refractivity (Wildman–Crippen MR) is 59.2 cm³/mol. The molecule has 0 aliphatic heterocycles. The smallest absolute Gasteiger partial charge is 0.154 e. The van der Waals surface area contributed by atoms with Gasteiger partial charge in [-0.05, 0) is 23.6 Å². The summed E-state index contributed by atoms with van der Waals surface area (Å²) in [5, 5.41) is 8.96. The molecule has 0 fully saturated rings. The first kappa shape index (κ1) is 12.4. The first-order valence-corrected chi connectivity index (χ1v) is 5.22. The quantitative estimate of drug-likeness (QED) is 0.780. The van der Waals surface area contributed by atoms with Crippen molar-refractivity contribution >= 4 is 5.78 Å². The lowest BCUT2D eigenvalue weighted by molar-refractivity contribution is -0.120. The van der Waals surface area contributed by atoms with Gasteiger partial charge in [-0.1, -0.05) is 26.0 Å². The molecule has 2 nitrogen and oxygen atoms in total. The number of hydrogen-bond donors (Lipinski definition) is 0. The molecule has 0 N–H and O–H groups in total. The van der Waals surface area contributed by atoms with Crippen LogP contribution in [0.5, 0.6) is 0 Å². The van der Waals surface area contributed by atoms with Gasteiger partial charge in [0.1, 0.15) is 11.7 Å². The third kappa shape index (κ3) is 3.16. The second kappa shape index (κ2) is 5.41. The minimum atomic E-state index is -0.849. The average Bonchev–Trinajstić information content (AvgIpc) is 2.17. The van der Waals surface area contributed by atoms with Crippen LogP contribution in [0.1, 0.15) is 31.7 Å². The standard InChI is InChI=1S/C13H14FNO/c1-9(2)6-13(16)12(8-15)10-4-3-5-11(14)7-10/h3-5,7,9,12H,6H2,1-2H3. The normalized spacial score (nSPS) is 12.2. The number of ketones is 1. The molecule has 1 rings (SSSR count). The molecule has 0 amide bonds. The summed E-state index contributed by atoms with van der Waals surface area (Å²) in [5.74, 6) is -1.21. The summed E-state index contributed by atoms with van der Waals surface area (Å²) >= 11 is 0. The van der Waals surface area contributed by atoms with Crippen molar-refractivity contribution in [2.75, 3.05) is 0 Å². The molecule has 0 aromatic heterocycles. The van der Waals surface area contributed by atoms with Gasteiger partial charge in [-0.3, -0.25) is 4.79 Å². The summed E-state index contributed by atoms with van der Waals surface area (Å²) in [5.41, 5.74) is 0.438. The molecule has 3 heteroatoms. The highest BCUT2D eigenvalue weighted by molar-refractivity contribution is 5.88. The Morgan fingerprint density at radius 2 is 2.19 bits per heavy atom. The zero-order valence-electron chi connectivity index (χ0n) is 9.40. The maximum Gasteiger partial charge on any atom is 0.154 e. The molecule has 0 radical (unpaired) electrons. The number of hydrogen-bond acceptors (Lipinski definition) is 2. The molecule has 0 saturated carbocycles. The number of Topliss-reactive ketones (excluding diaryl/α,β-unsaturated/α-hetero) is 1. The van der Waals surface area contributed by atoms with Crippen LogP contribution >= 0.6 is 0 Å². The Labute approximate surface area is 94.7 Å². The van der Waals surface area contributed by atoms with E-state index in [1.165, 1.54) is 18.2 Å². The largest absolute Gasteiger partial charge is 0.298 e. The zero-order chi connectivity index (χ0) is 12.1. The second-order valence-corrected chi connectivity index (χ2v) is 4.18. The molecule has 84 valence electrons. The molecule has 0 bridgehead atoms. The lowest BCUT2D eigenvalue weighted by atomic mass is 9.91. The fraction of sp³-hybridized carbons (Fsp3) is 0.385. The first-order chi connectivity index (χ1) is 7.54. The van der Waals surface area contributed by atoms with Crippen molar-refractivity contribution in [3.8, 4) is 6.07 Å². The van der Waals surface area contributed by atoms with Gasteiger partial charge in [0.15, 0.2) is 5.78 Å². The first-order valence-electron chi connectivity index (χ1n) is 5.22. The van der Waals surface area contributed by atoms with Gasteiger partial charge in [0.25, 0.3) is 0 Å². The molecule has 1 unspecified atom stereocenters. The van der Waals surface area contributed by atoms with E-state index in [0.717, 1.165) is 0 Å². The topological polar surface area (TPSA) is 40.9 Å². The molecule has 1 aromatic carbocycles. The maximum absolute atomic E-state index is 13.0. The fourth-order valence-electron chi connectivity index (χ4n) is 1.54. The van der Waals surface area contributed by atoms with Crippen LogP contribution in [0, 0.1) is 23.1 Å². The van der Waals surface area contributed by atoms with E-state index in [1.807, 2.05) is 19.9 Å². The Morgan fingerprint density at radius 1 is 1.50 bits per heavy atom. The SMILES string of the molecule is CC(C)CC(=O)C(C#N)c1cccc(F)c1. The third-order valence-corrected chi connectivity index (χ3v) is 2.24. The minimum absolute atomic E-state index is 0.150.